The van der Waals surface area contributed by atoms with Gasteiger partial charge in [0.2, 0.25) is 0 Å². The number of aryl methyl sites for hydroxylation is 4. The van der Waals surface area contributed by atoms with Gasteiger partial charge in [0, 0.05) is 31.6 Å². The van der Waals surface area contributed by atoms with E-state index >= 15 is 0 Å². The highest BCUT2D eigenvalue weighted by molar-refractivity contribution is 5.94. The van der Waals surface area contributed by atoms with Crippen molar-refractivity contribution in [2.75, 3.05) is 6.54 Å². The van der Waals surface area contributed by atoms with Gasteiger partial charge >= 0.3 is 5.69 Å². The Morgan fingerprint density at radius 1 is 1.23 bits per heavy atom. The number of carbonyl (C=O) groups is 1. The number of amides is 1. The second kappa shape index (κ2) is 9.20. The number of aromatic nitrogens is 4. The Kier molecular flexibility index (Phi) is 6.20. The molecule has 3 heterocycles. The van der Waals surface area contributed by atoms with Gasteiger partial charge in [0.25, 0.3) is 5.91 Å². The lowest BCUT2D eigenvalue weighted by Crippen LogP contribution is -2.29. The lowest BCUT2D eigenvalue weighted by molar-refractivity contribution is 0.0952. The lowest BCUT2D eigenvalue weighted by atomic mass is 10.2. The molecule has 0 fully saturated rings. The molecule has 0 radical (unpaired) electrons. The molecule has 1 aromatic carbocycles. The van der Waals surface area contributed by atoms with Crippen LogP contribution in [-0.4, -0.2) is 32.0 Å². The Hall–Kier alpha value is -3.36. The van der Waals surface area contributed by atoms with Gasteiger partial charge < -0.3 is 14.6 Å². The molecule has 3 aromatic rings. The minimum Gasteiger partial charge on any atom is -0.489 e. The predicted octanol–water partition coefficient (Wildman–Crippen LogP) is 2.39. The molecule has 9 heteroatoms. The highest BCUT2D eigenvalue weighted by atomic mass is 16.5. The molecule has 2 aromatic heterocycles. The van der Waals surface area contributed by atoms with E-state index in [9.17, 15) is 9.59 Å². The first-order valence-electron chi connectivity index (χ1n) is 10.6. The third-order valence-corrected chi connectivity index (χ3v) is 5.54. The fraction of sp³-hybridized carbons (Fsp3) is 0.455. The van der Waals surface area contributed by atoms with E-state index in [1.165, 1.54) is 4.68 Å². The topological polar surface area (TPSA) is 104 Å². The fourth-order valence-electron chi connectivity index (χ4n) is 3.69. The van der Waals surface area contributed by atoms with Crippen LogP contribution in [0, 0.1) is 13.8 Å². The molecule has 0 unspecified atom stereocenters. The highest BCUT2D eigenvalue weighted by Gasteiger charge is 2.16. The predicted molar refractivity (Wildman–Crippen MR) is 113 cm³/mol. The zero-order valence-electron chi connectivity index (χ0n) is 17.9. The third kappa shape index (κ3) is 4.70. The van der Waals surface area contributed by atoms with Crippen LogP contribution in [0.1, 0.15) is 52.5 Å². The summed E-state index contributed by atoms with van der Waals surface area (Å²) in [5, 5.41) is 11.2. The van der Waals surface area contributed by atoms with Gasteiger partial charge in [-0.05, 0) is 57.4 Å². The van der Waals surface area contributed by atoms with Crippen molar-refractivity contribution in [1.29, 1.82) is 0 Å². The molecule has 31 heavy (non-hydrogen) atoms. The molecule has 1 aliphatic heterocycles. The van der Waals surface area contributed by atoms with Crippen molar-refractivity contribution in [2.24, 2.45) is 0 Å². The summed E-state index contributed by atoms with van der Waals surface area (Å²) in [4.78, 5) is 24.7. The smallest absolute Gasteiger partial charge is 0.345 e. The largest absolute Gasteiger partial charge is 0.489 e. The van der Waals surface area contributed by atoms with E-state index in [0.29, 0.717) is 37.4 Å². The van der Waals surface area contributed by atoms with Crippen LogP contribution in [0.15, 0.2) is 33.6 Å². The number of carbonyl (C=O) groups excluding carboxylic acids is 1. The number of nitrogens with zero attached hydrogens (tertiary/aromatic N) is 4. The maximum Gasteiger partial charge on any atom is 0.345 e. The van der Waals surface area contributed by atoms with Gasteiger partial charge in [-0.1, -0.05) is 5.16 Å². The van der Waals surface area contributed by atoms with E-state index in [1.807, 2.05) is 13.8 Å². The van der Waals surface area contributed by atoms with E-state index in [1.54, 1.807) is 28.8 Å². The van der Waals surface area contributed by atoms with Gasteiger partial charge in [0.05, 0.1) is 11.3 Å². The van der Waals surface area contributed by atoms with Crippen LogP contribution < -0.4 is 15.7 Å². The zero-order valence-corrected chi connectivity index (χ0v) is 17.9. The first kappa shape index (κ1) is 20.9. The monoisotopic (exact) mass is 425 g/mol. The number of ether oxygens (including phenoxy) is 1. The van der Waals surface area contributed by atoms with Crippen LogP contribution in [0.3, 0.4) is 0 Å². The van der Waals surface area contributed by atoms with Crippen molar-refractivity contribution in [2.45, 2.75) is 59.2 Å². The Morgan fingerprint density at radius 3 is 2.74 bits per heavy atom. The van der Waals surface area contributed by atoms with Crippen LogP contribution >= 0.6 is 0 Å². The van der Waals surface area contributed by atoms with Crippen molar-refractivity contribution in [3.05, 3.63) is 63.2 Å². The second-order valence-corrected chi connectivity index (χ2v) is 7.76. The van der Waals surface area contributed by atoms with Crippen molar-refractivity contribution in [1.82, 2.24) is 24.8 Å². The quantitative estimate of drug-likeness (QED) is 0.556. The van der Waals surface area contributed by atoms with E-state index in [4.69, 9.17) is 9.26 Å². The zero-order chi connectivity index (χ0) is 21.8. The molecule has 0 bridgehead atoms. The Labute approximate surface area is 180 Å². The van der Waals surface area contributed by atoms with E-state index in [-0.39, 0.29) is 11.6 Å². The SMILES string of the molecule is Cc1noc(C)c1COc1ccc(C(=O)NCCCn2nc3n(c2=O)CCCC3)cc1. The lowest BCUT2D eigenvalue weighted by Gasteiger charge is -2.09. The van der Waals surface area contributed by atoms with Gasteiger partial charge in [-0.2, -0.15) is 5.10 Å². The summed E-state index contributed by atoms with van der Waals surface area (Å²) in [6, 6.07) is 6.99. The summed E-state index contributed by atoms with van der Waals surface area (Å²) in [6.07, 6.45) is 3.60. The van der Waals surface area contributed by atoms with Crippen LogP contribution in [0.25, 0.3) is 0 Å². The number of benzene rings is 1. The van der Waals surface area contributed by atoms with Crippen molar-refractivity contribution in [3.8, 4) is 5.75 Å². The molecule has 1 amide bonds. The molecule has 0 spiro atoms. The van der Waals surface area contributed by atoms with E-state index in [2.05, 4.69) is 15.6 Å². The van der Waals surface area contributed by atoms with Crippen LogP contribution in [0.2, 0.25) is 0 Å². The summed E-state index contributed by atoms with van der Waals surface area (Å²) >= 11 is 0. The van der Waals surface area contributed by atoms with Gasteiger partial charge in [-0.25, -0.2) is 9.48 Å². The van der Waals surface area contributed by atoms with Gasteiger partial charge in [0.1, 0.15) is 23.9 Å². The molecular formula is C22H27N5O4. The third-order valence-electron chi connectivity index (χ3n) is 5.54. The average Bonchev–Trinajstić information content (AvgIpc) is 3.28. The first-order valence-corrected chi connectivity index (χ1v) is 10.6. The first-order chi connectivity index (χ1) is 15.0. The molecule has 1 N–H and O–H groups in total. The molecule has 0 saturated carbocycles. The molecule has 4 rings (SSSR count). The van der Waals surface area contributed by atoms with Crippen molar-refractivity contribution in [3.63, 3.8) is 0 Å². The normalized spacial score (nSPS) is 13.1. The Morgan fingerprint density at radius 2 is 2.03 bits per heavy atom. The number of fused-ring (bicyclic) bond motifs is 1. The summed E-state index contributed by atoms with van der Waals surface area (Å²) in [5.74, 6) is 2.12. The van der Waals surface area contributed by atoms with Crippen LogP contribution in [-0.2, 0) is 26.1 Å². The number of nitrogens with one attached hydrogen (secondary N) is 1. The van der Waals surface area contributed by atoms with Crippen LogP contribution in [0.5, 0.6) is 5.75 Å². The molecular weight excluding hydrogens is 398 g/mol. The van der Waals surface area contributed by atoms with Crippen LogP contribution in [0.4, 0.5) is 0 Å². The summed E-state index contributed by atoms with van der Waals surface area (Å²) < 4.78 is 14.2. The molecule has 0 atom stereocenters. The molecule has 1 aliphatic rings. The maximum atomic E-state index is 12.4. The molecule has 0 aliphatic carbocycles. The highest BCUT2D eigenvalue weighted by Crippen LogP contribution is 2.18. The molecule has 9 nitrogen and oxygen atoms in total. The summed E-state index contributed by atoms with van der Waals surface area (Å²) in [6.45, 7) is 5.81. The van der Waals surface area contributed by atoms with Gasteiger partial charge in [0.15, 0.2) is 0 Å². The second-order valence-electron chi connectivity index (χ2n) is 7.76. The minimum atomic E-state index is -0.159. The van der Waals surface area contributed by atoms with E-state index < -0.39 is 0 Å². The molecule has 0 saturated heterocycles. The fourth-order valence-corrected chi connectivity index (χ4v) is 3.69. The Balaban J connectivity index is 1.24. The van der Waals surface area contributed by atoms with Crippen molar-refractivity contribution >= 4 is 5.91 Å². The summed E-state index contributed by atoms with van der Waals surface area (Å²) in [7, 11) is 0. The average molecular weight is 425 g/mol. The summed E-state index contributed by atoms with van der Waals surface area (Å²) in [5.41, 5.74) is 2.25. The standard InChI is InChI=1S/C22H27N5O4/c1-15-19(16(2)31-25-15)14-30-18-9-7-17(8-10-18)21(28)23-11-5-13-27-22(29)26-12-4-3-6-20(26)24-27/h7-10H,3-6,11-14H2,1-2H3,(H,23,28). The number of rotatable bonds is 8. The van der Waals surface area contributed by atoms with Gasteiger partial charge in [-0.15, -0.1) is 0 Å². The Bertz CT molecular complexity index is 1090. The van der Waals surface area contributed by atoms with Gasteiger partial charge in [-0.3, -0.25) is 9.36 Å². The van der Waals surface area contributed by atoms with Crippen molar-refractivity contribution < 1.29 is 14.1 Å². The molecule has 164 valence electrons. The number of hydrogen-bond acceptors (Lipinski definition) is 6. The maximum absolute atomic E-state index is 12.4. The number of hydrogen-bond donors (Lipinski definition) is 1. The minimum absolute atomic E-state index is 0.0480. The van der Waals surface area contributed by atoms with E-state index in [0.717, 1.165) is 48.6 Å².